The van der Waals surface area contributed by atoms with E-state index in [1.807, 2.05) is 24.3 Å². The number of rotatable bonds is 5. The molecule has 0 amide bonds. The Balaban J connectivity index is 2.34. The Labute approximate surface area is 105 Å². The third-order valence-electron chi connectivity index (χ3n) is 2.24. The summed E-state index contributed by atoms with van der Waals surface area (Å²) in [6.07, 6.45) is 0.860. The van der Waals surface area contributed by atoms with Crippen LogP contribution in [0.4, 0.5) is 13.2 Å². The fourth-order valence-corrected chi connectivity index (χ4v) is 1.29. The number of alkyl halides is 3. The first-order valence-electron chi connectivity index (χ1n) is 5.63. The van der Waals surface area contributed by atoms with Crippen LogP contribution < -0.4 is 0 Å². The molecule has 0 saturated carbocycles. The maximum Gasteiger partial charge on any atom is 0.412 e. The van der Waals surface area contributed by atoms with E-state index in [0.29, 0.717) is 6.26 Å². The van der Waals surface area contributed by atoms with E-state index in [1.165, 1.54) is 5.56 Å². The molecule has 0 heterocycles. The molecule has 0 spiro atoms. The van der Waals surface area contributed by atoms with Gasteiger partial charge in [0.05, 0.1) is 12.3 Å². The van der Waals surface area contributed by atoms with Gasteiger partial charge in [0, 0.05) is 0 Å². The highest BCUT2D eigenvalue weighted by Crippen LogP contribution is 2.15. The molecule has 0 fully saturated rings. The number of benzene rings is 1. The van der Waals surface area contributed by atoms with Crippen LogP contribution in [0.5, 0.6) is 0 Å². The Morgan fingerprint density at radius 3 is 2.39 bits per heavy atom. The summed E-state index contributed by atoms with van der Waals surface area (Å²) in [5, 5.41) is 0. The van der Waals surface area contributed by atoms with Crippen molar-refractivity contribution < 1.29 is 17.9 Å². The Kier molecular flexibility index (Phi) is 5.49. The quantitative estimate of drug-likeness (QED) is 0.562. The Morgan fingerprint density at radius 1 is 1.17 bits per heavy atom. The van der Waals surface area contributed by atoms with Gasteiger partial charge in [-0.1, -0.05) is 37.3 Å². The maximum absolute atomic E-state index is 11.7. The van der Waals surface area contributed by atoms with Crippen molar-refractivity contribution >= 4 is 6.08 Å². The molecule has 0 unspecified atom stereocenters. The lowest BCUT2D eigenvalue weighted by molar-refractivity contribution is -0.0815. The number of ether oxygens (including phenoxy) is 1. The lowest BCUT2D eigenvalue weighted by atomic mass is 10.1. The van der Waals surface area contributed by atoms with Gasteiger partial charge in [0.25, 0.3) is 0 Å². The van der Waals surface area contributed by atoms with Crippen molar-refractivity contribution in [3.63, 3.8) is 0 Å². The van der Waals surface area contributed by atoms with Crippen molar-refractivity contribution in [1.82, 2.24) is 0 Å². The van der Waals surface area contributed by atoms with Crippen LogP contribution in [0.1, 0.15) is 18.1 Å². The molecular weight excluding hydrogens is 241 g/mol. The highest BCUT2D eigenvalue weighted by Gasteiger charge is 2.22. The highest BCUT2D eigenvalue weighted by atomic mass is 19.4. The molecule has 4 heteroatoms. The smallest absolute Gasteiger partial charge is 0.412 e. The van der Waals surface area contributed by atoms with Gasteiger partial charge in [-0.2, -0.15) is 13.2 Å². The van der Waals surface area contributed by atoms with Gasteiger partial charge >= 0.3 is 6.18 Å². The number of halogens is 3. The first kappa shape index (κ1) is 14.4. The molecule has 1 nitrogen and oxygen atoms in total. The minimum absolute atomic E-state index is 0.0664. The zero-order valence-corrected chi connectivity index (χ0v) is 10.1. The van der Waals surface area contributed by atoms with Gasteiger partial charge in [-0.25, -0.2) is 0 Å². The third kappa shape index (κ3) is 6.13. The fraction of sp³-hybridized carbons (Fsp3) is 0.286. The monoisotopic (exact) mass is 256 g/mol. The molecule has 0 atom stereocenters. The molecule has 1 aromatic rings. The molecule has 0 aromatic heterocycles. The van der Waals surface area contributed by atoms with Gasteiger partial charge < -0.3 is 4.74 Å². The Hall–Kier alpha value is -1.71. The molecule has 0 radical (unpaired) electrons. The summed E-state index contributed by atoms with van der Waals surface area (Å²) in [5.74, 6) is 0. The predicted molar refractivity (Wildman–Crippen MR) is 66.0 cm³/mol. The molecule has 0 aliphatic carbocycles. The highest BCUT2D eigenvalue weighted by molar-refractivity contribution is 5.49. The first-order valence-corrected chi connectivity index (χ1v) is 5.63. The number of allylic oxidation sites excluding steroid dienone is 1. The molecule has 1 aromatic carbocycles. The first-order chi connectivity index (χ1) is 8.51. The predicted octanol–water partition coefficient (Wildman–Crippen LogP) is 4.35. The van der Waals surface area contributed by atoms with Gasteiger partial charge in [-0.3, -0.25) is 0 Å². The lowest BCUT2D eigenvalue weighted by Crippen LogP contribution is -2.00. The van der Waals surface area contributed by atoms with Crippen LogP contribution in [0.25, 0.3) is 6.08 Å². The van der Waals surface area contributed by atoms with E-state index in [4.69, 9.17) is 0 Å². The van der Waals surface area contributed by atoms with Crippen LogP contribution in [0.2, 0.25) is 0 Å². The zero-order chi connectivity index (χ0) is 13.4. The van der Waals surface area contributed by atoms with Gasteiger partial charge in [-0.05, 0) is 23.6 Å². The SMILES string of the molecule is CCc1ccc(/C=C/CO/C=C/C(F)(F)F)cc1. The van der Waals surface area contributed by atoms with E-state index in [2.05, 4.69) is 11.7 Å². The van der Waals surface area contributed by atoms with Crippen molar-refractivity contribution in [1.29, 1.82) is 0 Å². The van der Waals surface area contributed by atoms with Crippen LogP contribution in [0.3, 0.4) is 0 Å². The second-order valence-electron chi connectivity index (χ2n) is 3.68. The van der Waals surface area contributed by atoms with Crippen LogP contribution in [-0.2, 0) is 11.2 Å². The molecule has 1 rings (SSSR count). The number of hydrogen-bond donors (Lipinski definition) is 0. The number of aryl methyl sites for hydroxylation is 1. The van der Waals surface area contributed by atoms with E-state index in [9.17, 15) is 13.2 Å². The van der Waals surface area contributed by atoms with Crippen LogP contribution >= 0.6 is 0 Å². The number of hydrogen-bond acceptors (Lipinski definition) is 1. The Bertz CT molecular complexity index is 402. The third-order valence-corrected chi connectivity index (χ3v) is 2.24. The van der Waals surface area contributed by atoms with Crippen LogP contribution in [-0.4, -0.2) is 12.8 Å². The topological polar surface area (TPSA) is 9.23 Å². The summed E-state index contributed by atoms with van der Waals surface area (Å²) in [7, 11) is 0. The molecule has 18 heavy (non-hydrogen) atoms. The molecule has 0 N–H and O–H groups in total. The largest absolute Gasteiger partial charge is 0.497 e. The van der Waals surface area contributed by atoms with Crippen LogP contribution in [0, 0.1) is 0 Å². The molecular formula is C14H15F3O. The van der Waals surface area contributed by atoms with Crippen molar-refractivity contribution in [3.05, 3.63) is 53.8 Å². The van der Waals surface area contributed by atoms with E-state index in [1.54, 1.807) is 12.2 Å². The zero-order valence-electron chi connectivity index (χ0n) is 10.1. The second-order valence-corrected chi connectivity index (χ2v) is 3.68. The van der Waals surface area contributed by atoms with E-state index >= 15 is 0 Å². The normalized spacial score (nSPS) is 12.4. The minimum Gasteiger partial charge on any atom is -0.497 e. The van der Waals surface area contributed by atoms with Gasteiger partial charge in [0.15, 0.2) is 0 Å². The summed E-state index contributed by atoms with van der Waals surface area (Å²) in [6.45, 7) is 2.19. The molecule has 98 valence electrons. The van der Waals surface area contributed by atoms with Gasteiger partial charge in [0.2, 0.25) is 0 Å². The molecule has 0 bridgehead atoms. The van der Waals surface area contributed by atoms with E-state index < -0.39 is 6.18 Å². The lowest BCUT2D eigenvalue weighted by Gasteiger charge is -1.99. The van der Waals surface area contributed by atoms with E-state index in [0.717, 1.165) is 12.0 Å². The summed E-state index contributed by atoms with van der Waals surface area (Å²) in [4.78, 5) is 0. The van der Waals surface area contributed by atoms with Crippen molar-refractivity contribution in [2.24, 2.45) is 0 Å². The summed E-state index contributed by atoms with van der Waals surface area (Å²) >= 11 is 0. The molecule has 0 aliphatic rings. The summed E-state index contributed by atoms with van der Waals surface area (Å²) in [5.41, 5.74) is 2.24. The van der Waals surface area contributed by atoms with Gasteiger partial charge in [-0.15, -0.1) is 0 Å². The molecule has 0 saturated heterocycles. The van der Waals surface area contributed by atoms with E-state index in [-0.39, 0.29) is 12.7 Å². The Morgan fingerprint density at radius 2 is 1.83 bits per heavy atom. The summed E-state index contributed by atoms with van der Waals surface area (Å²) < 4.78 is 39.8. The summed E-state index contributed by atoms with van der Waals surface area (Å²) in [6, 6.07) is 7.95. The standard InChI is InChI=1S/C14H15F3O/c1-2-12-5-7-13(8-6-12)4-3-10-18-11-9-14(15,16)17/h3-9,11H,2,10H2,1H3/b4-3+,11-9+. The second kappa shape index (κ2) is 6.89. The minimum atomic E-state index is -4.32. The van der Waals surface area contributed by atoms with Gasteiger partial charge in [0.1, 0.15) is 6.61 Å². The van der Waals surface area contributed by atoms with Crippen molar-refractivity contribution in [3.8, 4) is 0 Å². The average molecular weight is 256 g/mol. The molecule has 0 aliphatic heterocycles. The van der Waals surface area contributed by atoms with Crippen LogP contribution in [0.15, 0.2) is 42.7 Å². The fourth-order valence-electron chi connectivity index (χ4n) is 1.29. The van der Waals surface area contributed by atoms with Crippen molar-refractivity contribution in [2.45, 2.75) is 19.5 Å². The average Bonchev–Trinajstić information content (AvgIpc) is 2.33. The maximum atomic E-state index is 11.7. The van der Waals surface area contributed by atoms with Crippen molar-refractivity contribution in [2.75, 3.05) is 6.61 Å².